The Morgan fingerprint density at radius 3 is 2.31 bits per heavy atom. The number of hydrogen-bond donors (Lipinski definition) is 2. The predicted octanol–water partition coefficient (Wildman–Crippen LogP) is 3.03. The highest BCUT2D eigenvalue weighted by molar-refractivity contribution is 7.89. The smallest absolute Gasteiger partial charge is 0.344 e. The van der Waals surface area contributed by atoms with E-state index in [1.54, 1.807) is 18.2 Å². The number of halogens is 1. The first-order valence-corrected chi connectivity index (χ1v) is 12.7. The summed E-state index contributed by atoms with van der Waals surface area (Å²) in [5.74, 6) is -0.134. The maximum atomic E-state index is 13.2. The summed E-state index contributed by atoms with van der Waals surface area (Å²) >= 11 is 0. The lowest BCUT2D eigenvalue weighted by Gasteiger charge is -2.34. The number of sulfonamides is 1. The molecule has 12 heteroatoms. The van der Waals surface area contributed by atoms with Crippen molar-refractivity contribution in [2.24, 2.45) is 0 Å². The Morgan fingerprint density at radius 1 is 1.06 bits per heavy atom. The van der Waals surface area contributed by atoms with Gasteiger partial charge in [-0.05, 0) is 62.4 Å². The molecule has 10 nitrogen and oxygen atoms in total. The second kappa shape index (κ2) is 10.5. The molecular formula is C24H26FN5O5S. The minimum absolute atomic E-state index is 0.101. The zero-order valence-corrected chi connectivity index (χ0v) is 20.6. The Kier molecular flexibility index (Phi) is 7.36. The summed E-state index contributed by atoms with van der Waals surface area (Å²) in [7, 11) is -3.74. The Morgan fingerprint density at radius 2 is 1.69 bits per heavy atom. The molecule has 4 rings (SSSR count). The third-order valence-electron chi connectivity index (χ3n) is 5.60. The van der Waals surface area contributed by atoms with E-state index in [0.29, 0.717) is 30.5 Å². The maximum Gasteiger partial charge on any atom is 0.344 e. The van der Waals surface area contributed by atoms with Crippen LogP contribution in [-0.4, -0.2) is 66.0 Å². The van der Waals surface area contributed by atoms with Crippen LogP contribution in [0.25, 0.3) is 0 Å². The Labute approximate surface area is 208 Å². The number of carbonyl (C=O) groups is 1. The number of hydrogen-bond acceptors (Lipinski definition) is 8. The van der Waals surface area contributed by atoms with Crippen LogP contribution in [0.4, 0.5) is 21.8 Å². The van der Waals surface area contributed by atoms with Crippen molar-refractivity contribution in [3.8, 4) is 5.75 Å². The molecule has 1 aromatic heterocycles. The summed E-state index contributed by atoms with van der Waals surface area (Å²) < 4.78 is 46.1. The van der Waals surface area contributed by atoms with Gasteiger partial charge in [-0.3, -0.25) is 0 Å². The van der Waals surface area contributed by atoms with E-state index in [1.165, 1.54) is 47.6 Å². The van der Waals surface area contributed by atoms with Crippen LogP contribution in [0, 0.1) is 12.7 Å². The van der Waals surface area contributed by atoms with E-state index in [-0.39, 0.29) is 29.6 Å². The summed E-state index contributed by atoms with van der Waals surface area (Å²) in [6.07, 6.45) is -1.05. The monoisotopic (exact) mass is 515 g/mol. The molecule has 1 aliphatic heterocycles. The average Bonchev–Trinajstić information content (AvgIpc) is 2.85. The molecule has 0 aliphatic carbocycles. The molecule has 3 aromatic rings. The molecule has 0 saturated carbocycles. The third-order valence-corrected chi connectivity index (χ3v) is 7.52. The summed E-state index contributed by atoms with van der Waals surface area (Å²) in [6, 6.07) is 13.4. The first kappa shape index (κ1) is 25.3. The first-order chi connectivity index (χ1) is 17.1. The molecule has 0 unspecified atom stereocenters. The number of carboxylic acid groups (broad SMARTS) is 1. The highest BCUT2D eigenvalue weighted by Gasteiger charge is 2.29. The Bertz CT molecular complexity index is 1330. The van der Waals surface area contributed by atoms with Gasteiger partial charge in [-0.15, -0.1) is 0 Å². The van der Waals surface area contributed by atoms with Gasteiger partial charge >= 0.3 is 5.97 Å². The van der Waals surface area contributed by atoms with Gasteiger partial charge in [-0.1, -0.05) is 0 Å². The number of nitrogens with zero attached hydrogens (tertiary/aromatic N) is 4. The molecule has 36 heavy (non-hydrogen) atoms. The van der Waals surface area contributed by atoms with E-state index in [2.05, 4.69) is 15.3 Å². The van der Waals surface area contributed by atoms with Gasteiger partial charge in [0.1, 0.15) is 17.4 Å². The van der Waals surface area contributed by atoms with Crippen LogP contribution in [0.15, 0.2) is 59.5 Å². The molecule has 2 aromatic carbocycles. The summed E-state index contributed by atoms with van der Waals surface area (Å²) in [5, 5.41) is 12.1. The molecular weight excluding hydrogens is 489 g/mol. The van der Waals surface area contributed by atoms with Crippen LogP contribution in [0.3, 0.4) is 0 Å². The number of piperazine rings is 1. The van der Waals surface area contributed by atoms with Crippen molar-refractivity contribution in [2.75, 3.05) is 36.4 Å². The lowest BCUT2D eigenvalue weighted by atomic mass is 10.3. The summed E-state index contributed by atoms with van der Waals surface area (Å²) in [6.45, 7) is 4.52. The van der Waals surface area contributed by atoms with Gasteiger partial charge in [0.05, 0.1) is 4.90 Å². The largest absolute Gasteiger partial charge is 0.479 e. The van der Waals surface area contributed by atoms with Crippen LogP contribution < -0.4 is 15.0 Å². The molecule has 1 atom stereocenters. The molecule has 1 fully saturated rings. The molecule has 0 bridgehead atoms. The van der Waals surface area contributed by atoms with Gasteiger partial charge in [0, 0.05) is 43.6 Å². The number of aryl methyl sites for hydroxylation is 1. The van der Waals surface area contributed by atoms with Gasteiger partial charge in [0.25, 0.3) is 0 Å². The van der Waals surface area contributed by atoms with Crippen LogP contribution in [0.5, 0.6) is 5.75 Å². The normalized spacial score (nSPS) is 15.4. The number of ether oxygens (including phenoxy) is 1. The zero-order chi connectivity index (χ0) is 25.9. The second-order valence-electron chi connectivity index (χ2n) is 8.29. The fourth-order valence-corrected chi connectivity index (χ4v) is 5.08. The fourth-order valence-electron chi connectivity index (χ4n) is 3.66. The van der Waals surface area contributed by atoms with Crippen molar-refractivity contribution in [1.29, 1.82) is 0 Å². The van der Waals surface area contributed by atoms with Crippen LogP contribution in [0.1, 0.15) is 12.6 Å². The molecule has 1 saturated heterocycles. The van der Waals surface area contributed by atoms with E-state index in [0.717, 1.165) is 5.69 Å². The first-order valence-electron chi connectivity index (χ1n) is 11.2. The number of carboxylic acids is 1. The quantitative estimate of drug-likeness (QED) is 0.466. The van der Waals surface area contributed by atoms with Gasteiger partial charge in [0.15, 0.2) is 6.10 Å². The van der Waals surface area contributed by atoms with Gasteiger partial charge in [-0.25, -0.2) is 22.6 Å². The van der Waals surface area contributed by atoms with E-state index in [9.17, 15) is 17.6 Å². The maximum absolute atomic E-state index is 13.2. The highest BCUT2D eigenvalue weighted by Crippen LogP contribution is 2.24. The fraction of sp³-hybridized carbons (Fsp3) is 0.292. The minimum atomic E-state index is -3.74. The Hall–Kier alpha value is -3.77. The number of benzene rings is 2. The third kappa shape index (κ3) is 5.89. The van der Waals surface area contributed by atoms with Crippen LogP contribution >= 0.6 is 0 Å². The van der Waals surface area contributed by atoms with Gasteiger partial charge < -0.3 is 20.1 Å². The van der Waals surface area contributed by atoms with Gasteiger partial charge in [0.2, 0.25) is 16.0 Å². The van der Waals surface area contributed by atoms with Crippen LogP contribution in [-0.2, 0) is 14.8 Å². The van der Waals surface area contributed by atoms with Crippen molar-refractivity contribution >= 4 is 33.4 Å². The average molecular weight is 516 g/mol. The Balaban J connectivity index is 1.41. The number of anilines is 3. The van der Waals surface area contributed by atoms with Crippen molar-refractivity contribution < 1.29 is 27.4 Å². The molecule has 190 valence electrons. The molecule has 2 heterocycles. The predicted molar refractivity (Wildman–Crippen MR) is 132 cm³/mol. The molecule has 0 radical (unpaired) electrons. The lowest BCUT2D eigenvalue weighted by Crippen LogP contribution is -2.49. The van der Waals surface area contributed by atoms with Crippen molar-refractivity contribution in [3.05, 3.63) is 66.1 Å². The van der Waals surface area contributed by atoms with E-state index < -0.39 is 22.1 Å². The molecule has 0 amide bonds. The molecule has 0 spiro atoms. The van der Waals surface area contributed by atoms with Crippen molar-refractivity contribution in [3.63, 3.8) is 0 Å². The van der Waals surface area contributed by atoms with Gasteiger partial charge in [-0.2, -0.15) is 9.29 Å². The number of aliphatic carboxylic acids is 1. The number of aromatic nitrogens is 2. The highest BCUT2D eigenvalue weighted by atomic mass is 32.2. The second-order valence-corrected chi connectivity index (χ2v) is 10.2. The number of rotatable bonds is 8. The molecule has 1 aliphatic rings. The van der Waals surface area contributed by atoms with Crippen molar-refractivity contribution in [2.45, 2.75) is 24.8 Å². The summed E-state index contributed by atoms with van der Waals surface area (Å²) in [5.41, 5.74) is 1.42. The number of nitrogens with one attached hydrogen (secondary N) is 1. The standard InChI is InChI=1S/C24H26FN5O5S/c1-16-15-22(27-19-5-3-18(25)4-6-19)28-24(26-16)29-11-13-30(14-12-29)36(33,34)21-9-7-20(8-10-21)35-17(2)23(31)32/h3-10,15,17H,11-14H2,1-2H3,(H,31,32)(H,26,27,28)/t17-/m0/s1. The lowest BCUT2D eigenvalue weighted by molar-refractivity contribution is -0.144. The summed E-state index contributed by atoms with van der Waals surface area (Å²) in [4.78, 5) is 22.0. The SMILES string of the molecule is Cc1cc(Nc2ccc(F)cc2)nc(N2CCN(S(=O)(=O)c3ccc(O[C@@H](C)C(=O)O)cc3)CC2)n1. The van der Waals surface area contributed by atoms with E-state index in [4.69, 9.17) is 9.84 Å². The molecule has 2 N–H and O–H groups in total. The van der Waals surface area contributed by atoms with Crippen molar-refractivity contribution in [1.82, 2.24) is 14.3 Å². The topological polar surface area (TPSA) is 125 Å². The van der Waals surface area contributed by atoms with E-state index >= 15 is 0 Å². The van der Waals surface area contributed by atoms with E-state index in [1.807, 2.05) is 11.8 Å². The minimum Gasteiger partial charge on any atom is -0.479 e. The van der Waals surface area contributed by atoms with Crippen LogP contribution in [0.2, 0.25) is 0 Å². The zero-order valence-electron chi connectivity index (χ0n) is 19.8.